The van der Waals surface area contributed by atoms with Crippen LogP contribution < -0.4 is 4.90 Å². The Morgan fingerprint density at radius 1 is 1.08 bits per heavy atom. The van der Waals surface area contributed by atoms with E-state index in [1.807, 2.05) is 49.1 Å². The molecule has 1 saturated heterocycles. The molecule has 1 aromatic carbocycles. The summed E-state index contributed by atoms with van der Waals surface area (Å²) in [7, 11) is 0. The van der Waals surface area contributed by atoms with Gasteiger partial charge in [0.25, 0.3) is 17.6 Å². The first-order valence-electron chi connectivity index (χ1n) is 11.9. The van der Waals surface area contributed by atoms with Gasteiger partial charge >= 0.3 is 0 Å². The molecular formula is C24H22FN11O2. The number of carbonyl (C=O) groups is 2. The van der Waals surface area contributed by atoms with Gasteiger partial charge in [-0.25, -0.2) is 14.1 Å². The molecule has 1 N–H and O–H groups in total. The third-order valence-corrected chi connectivity index (χ3v) is 6.61. The topological polar surface area (TPSA) is 144 Å². The number of benzene rings is 1. The number of H-pyrrole nitrogens is 1. The van der Waals surface area contributed by atoms with Crippen LogP contribution in [0.2, 0.25) is 0 Å². The summed E-state index contributed by atoms with van der Waals surface area (Å²) in [5, 5.41) is 19.8. The number of aromatic nitrogens is 9. The SMILES string of the molecule is CC1CN(c2nnnn2-c2ccccc2)CC(C)N1C(=O)C(=O)c1c[nH]c2c(-n3ccnn3)ncc(F)c12. The van der Waals surface area contributed by atoms with Gasteiger partial charge in [0, 0.05) is 31.4 Å². The Morgan fingerprint density at radius 3 is 2.55 bits per heavy atom. The average Bonchev–Trinajstić information content (AvgIpc) is 3.70. The molecule has 1 aliphatic rings. The van der Waals surface area contributed by atoms with Crippen LogP contribution in [0.15, 0.2) is 55.1 Å². The number of nitrogens with one attached hydrogen (secondary N) is 1. The number of amides is 1. The van der Waals surface area contributed by atoms with Crippen molar-refractivity contribution >= 4 is 28.5 Å². The molecule has 192 valence electrons. The van der Waals surface area contributed by atoms with Crippen LogP contribution in [0.3, 0.4) is 0 Å². The molecule has 6 rings (SSSR count). The van der Waals surface area contributed by atoms with E-state index in [0.717, 1.165) is 11.9 Å². The Labute approximate surface area is 214 Å². The first-order valence-corrected chi connectivity index (χ1v) is 11.9. The van der Waals surface area contributed by atoms with E-state index in [0.29, 0.717) is 19.0 Å². The summed E-state index contributed by atoms with van der Waals surface area (Å²) < 4.78 is 17.9. The smallest absolute Gasteiger partial charge is 0.295 e. The molecule has 2 atom stereocenters. The van der Waals surface area contributed by atoms with Crippen LogP contribution in [-0.4, -0.2) is 86.9 Å². The van der Waals surface area contributed by atoms with E-state index in [-0.39, 0.29) is 34.4 Å². The van der Waals surface area contributed by atoms with Gasteiger partial charge in [0.05, 0.1) is 40.7 Å². The van der Waals surface area contributed by atoms with Crippen molar-refractivity contribution in [2.45, 2.75) is 25.9 Å². The van der Waals surface area contributed by atoms with Gasteiger partial charge in [0.1, 0.15) is 0 Å². The number of hydrogen-bond acceptors (Lipinski definition) is 9. The fraction of sp³-hybridized carbons (Fsp3) is 0.250. The third kappa shape index (κ3) is 3.77. The Bertz CT molecular complexity index is 1620. The van der Waals surface area contributed by atoms with E-state index < -0.39 is 17.5 Å². The second-order valence-corrected chi connectivity index (χ2v) is 9.10. The van der Waals surface area contributed by atoms with Gasteiger partial charge in [-0.1, -0.05) is 28.5 Å². The molecule has 5 aromatic rings. The number of tetrazole rings is 1. The van der Waals surface area contributed by atoms with Crippen molar-refractivity contribution in [2.75, 3.05) is 18.0 Å². The van der Waals surface area contributed by atoms with E-state index in [4.69, 9.17) is 0 Å². The molecule has 0 bridgehead atoms. The molecule has 38 heavy (non-hydrogen) atoms. The zero-order chi connectivity index (χ0) is 26.4. The number of pyridine rings is 1. The Balaban J connectivity index is 1.27. The first kappa shape index (κ1) is 23.4. The second-order valence-electron chi connectivity index (χ2n) is 9.10. The number of Topliss-reactive ketones (excluding diaryl/α,β-unsaturated/α-hetero) is 1. The second kappa shape index (κ2) is 9.14. The number of piperazine rings is 1. The van der Waals surface area contributed by atoms with Crippen LogP contribution in [0.25, 0.3) is 22.4 Å². The molecule has 0 aliphatic carbocycles. The van der Waals surface area contributed by atoms with Gasteiger partial charge < -0.3 is 14.8 Å². The summed E-state index contributed by atoms with van der Waals surface area (Å²) in [5.41, 5.74) is 0.981. The molecule has 13 nitrogen and oxygen atoms in total. The molecule has 1 aliphatic heterocycles. The van der Waals surface area contributed by atoms with Crippen molar-refractivity contribution in [3.05, 3.63) is 66.5 Å². The molecule has 0 saturated carbocycles. The van der Waals surface area contributed by atoms with Crippen molar-refractivity contribution in [3.63, 3.8) is 0 Å². The molecule has 0 radical (unpaired) electrons. The highest BCUT2D eigenvalue weighted by molar-refractivity contribution is 6.45. The maximum Gasteiger partial charge on any atom is 0.295 e. The number of fused-ring (bicyclic) bond motifs is 1. The maximum absolute atomic E-state index is 14.9. The summed E-state index contributed by atoms with van der Waals surface area (Å²) in [6.45, 7) is 4.51. The molecule has 5 heterocycles. The Hall–Kier alpha value is -5.01. The van der Waals surface area contributed by atoms with E-state index in [2.05, 4.69) is 35.8 Å². The summed E-state index contributed by atoms with van der Waals surface area (Å²) in [5.74, 6) is -1.45. The van der Waals surface area contributed by atoms with Gasteiger partial charge in [0.2, 0.25) is 0 Å². The lowest BCUT2D eigenvalue weighted by Gasteiger charge is -2.44. The molecule has 0 spiro atoms. The Morgan fingerprint density at radius 2 is 1.84 bits per heavy atom. The van der Waals surface area contributed by atoms with Crippen molar-refractivity contribution < 1.29 is 14.0 Å². The van der Waals surface area contributed by atoms with Gasteiger partial charge in [0.15, 0.2) is 11.6 Å². The number of halogens is 1. The number of rotatable bonds is 5. The largest absolute Gasteiger partial charge is 0.357 e. The predicted molar refractivity (Wildman–Crippen MR) is 132 cm³/mol. The van der Waals surface area contributed by atoms with Gasteiger partial charge in [-0.15, -0.1) is 5.10 Å². The fourth-order valence-corrected chi connectivity index (χ4v) is 5.00. The average molecular weight is 516 g/mol. The molecule has 1 amide bonds. The number of anilines is 1. The highest BCUT2D eigenvalue weighted by Gasteiger charge is 2.38. The number of para-hydroxylation sites is 1. The van der Waals surface area contributed by atoms with Crippen LogP contribution in [-0.2, 0) is 4.79 Å². The number of nitrogens with zero attached hydrogens (tertiary/aromatic N) is 10. The summed E-state index contributed by atoms with van der Waals surface area (Å²) in [6.07, 6.45) is 5.32. The van der Waals surface area contributed by atoms with Crippen LogP contribution >= 0.6 is 0 Å². The van der Waals surface area contributed by atoms with E-state index in [1.54, 1.807) is 10.9 Å². The molecule has 1 fully saturated rings. The zero-order valence-electron chi connectivity index (χ0n) is 20.4. The predicted octanol–water partition coefficient (Wildman–Crippen LogP) is 1.57. The lowest BCUT2D eigenvalue weighted by Crippen LogP contribution is -2.60. The van der Waals surface area contributed by atoms with Gasteiger partial charge in [-0.05, 0) is 36.4 Å². The first-order chi connectivity index (χ1) is 18.4. The lowest BCUT2D eigenvalue weighted by atomic mass is 10.0. The summed E-state index contributed by atoms with van der Waals surface area (Å²) >= 11 is 0. The monoisotopic (exact) mass is 515 g/mol. The number of ketones is 1. The van der Waals surface area contributed by atoms with Crippen LogP contribution in [0.4, 0.5) is 10.3 Å². The van der Waals surface area contributed by atoms with E-state index >= 15 is 0 Å². The highest BCUT2D eigenvalue weighted by Crippen LogP contribution is 2.28. The van der Waals surface area contributed by atoms with Crippen LogP contribution in [0, 0.1) is 5.82 Å². The minimum atomic E-state index is -0.813. The standard InChI is InChI=1S/C24H22FN11O2/c1-14-12-33(24-29-30-32-36(24)16-6-4-3-5-7-16)13-15(2)35(14)23(38)21(37)17-10-26-20-19(17)18(25)11-27-22(20)34-9-8-28-31-34/h3-11,14-15,26H,12-13H2,1-2H3. The zero-order valence-corrected chi connectivity index (χ0v) is 20.4. The lowest BCUT2D eigenvalue weighted by molar-refractivity contribution is -0.131. The van der Waals surface area contributed by atoms with Gasteiger partial charge in [-0.3, -0.25) is 9.59 Å². The Kier molecular flexibility index (Phi) is 5.62. The summed E-state index contributed by atoms with van der Waals surface area (Å²) in [6, 6.07) is 8.80. The fourth-order valence-electron chi connectivity index (χ4n) is 5.00. The maximum atomic E-state index is 14.9. The van der Waals surface area contributed by atoms with Crippen LogP contribution in [0.5, 0.6) is 0 Å². The quantitative estimate of drug-likeness (QED) is 0.272. The van der Waals surface area contributed by atoms with E-state index in [1.165, 1.54) is 22.0 Å². The number of aromatic amines is 1. The van der Waals surface area contributed by atoms with Crippen LogP contribution in [0.1, 0.15) is 24.2 Å². The molecular weight excluding hydrogens is 493 g/mol. The van der Waals surface area contributed by atoms with Crippen molar-refractivity contribution in [1.29, 1.82) is 0 Å². The van der Waals surface area contributed by atoms with E-state index in [9.17, 15) is 14.0 Å². The minimum Gasteiger partial charge on any atom is -0.357 e. The normalized spacial score (nSPS) is 17.8. The van der Waals surface area contributed by atoms with Crippen molar-refractivity contribution in [2.24, 2.45) is 0 Å². The number of hydrogen-bond donors (Lipinski definition) is 1. The van der Waals surface area contributed by atoms with Crippen molar-refractivity contribution in [1.82, 2.24) is 50.1 Å². The molecule has 14 heteroatoms. The molecule has 4 aromatic heterocycles. The molecule has 2 unspecified atom stereocenters. The minimum absolute atomic E-state index is 0.0233. The summed E-state index contributed by atoms with van der Waals surface area (Å²) in [4.78, 5) is 37.4. The highest BCUT2D eigenvalue weighted by atomic mass is 19.1. The third-order valence-electron chi connectivity index (χ3n) is 6.61. The van der Waals surface area contributed by atoms with Crippen molar-refractivity contribution in [3.8, 4) is 11.5 Å². The van der Waals surface area contributed by atoms with Gasteiger partial charge in [-0.2, -0.15) is 4.68 Å². The number of carbonyl (C=O) groups excluding carboxylic acids is 2.